The predicted octanol–water partition coefficient (Wildman–Crippen LogP) is 5.12. The average molecular weight is 966 g/mol. The summed E-state index contributed by atoms with van der Waals surface area (Å²) >= 11 is 2.30. The van der Waals surface area contributed by atoms with Gasteiger partial charge in [0.15, 0.2) is 12.1 Å². The van der Waals surface area contributed by atoms with Gasteiger partial charge in [-0.05, 0) is 126 Å². The van der Waals surface area contributed by atoms with Crippen molar-refractivity contribution in [3.05, 3.63) is 69.1 Å². The number of ether oxygens (including phenoxy) is 3. The van der Waals surface area contributed by atoms with E-state index in [9.17, 15) is 30.0 Å². The van der Waals surface area contributed by atoms with Crippen LogP contribution in [0.1, 0.15) is 97.2 Å². The Bertz CT molecular complexity index is 1690. The summed E-state index contributed by atoms with van der Waals surface area (Å²) in [6, 6.07) is 7.66. The summed E-state index contributed by atoms with van der Waals surface area (Å²) in [6.45, 7) is 13.2. The van der Waals surface area contributed by atoms with Crippen molar-refractivity contribution in [2.24, 2.45) is 23.7 Å². The fourth-order valence-electron chi connectivity index (χ4n) is 8.39. The summed E-state index contributed by atoms with van der Waals surface area (Å²) in [5, 5.41) is 53.6. The van der Waals surface area contributed by atoms with Gasteiger partial charge < -0.3 is 39.5 Å². The van der Waals surface area contributed by atoms with Crippen molar-refractivity contribution >= 4 is 34.3 Å². The first-order valence-corrected chi connectivity index (χ1v) is 23.2. The maximum atomic E-state index is 13.9. The highest BCUT2D eigenvalue weighted by Gasteiger charge is 2.41. The van der Waals surface area contributed by atoms with Crippen LogP contribution in [0.2, 0.25) is 0 Å². The number of likely N-dealkylation sites (N-methyl/N-ethyl adjacent to an activating group) is 1. The number of hydrogen-bond donors (Lipinski definition) is 4. The van der Waals surface area contributed by atoms with Gasteiger partial charge in [-0.2, -0.15) is 0 Å². The number of carbonyl (C=O) groups excluding carboxylic acids is 2. The van der Waals surface area contributed by atoms with Gasteiger partial charge in [-0.1, -0.05) is 55.8 Å². The first-order chi connectivity index (χ1) is 29.0. The lowest BCUT2D eigenvalue weighted by atomic mass is 9.79. The van der Waals surface area contributed by atoms with Crippen LogP contribution in [0.25, 0.3) is 0 Å². The molecule has 1 aliphatic carbocycles. The summed E-state index contributed by atoms with van der Waals surface area (Å²) in [6.07, 6.45) is 4.22. The van der Waals surface area contributed by atoms with Crippen LogP contribution in [0.4, 0.5) is 0 Å². The van der Waals surface area contributed by atoms with Gasteiger partial charge in [-0.25, -0.2) is 0 Å². The van der Waals surface area contributed by atoms with E-state index in [4.69, 9.17) is 14.2 Å². The molecule has 1 saturated carbocycles. The third-order valence-corrected chi connectivity index (χ3v) is 12.9. The Balaban J connectivity index is 1.76. The number of aliphatic hydroxyl groups excluding tert-OH is 4. The second-order valence-corrected chi connectivity index (χ2v) is 18.7. The van der Waals surface area contributed by atoms with Crippen molar-refractivity contribution in [1.29, 1.82) is 0 Å². The number of cyclic esters (lactones) is 1. The molecule has 1 aromatic heterocycles. The van der Waals surface area contributed by atoms with Crippen LogP contribution in [-0.4, -0.2) is 140 Å². The van der Waals surface area contributed by atoms with E-state index in [0.29, 0.717) is 51.4 Å². The van der Waals surface area contributed by atoms with Crippen molar-refractivity contribution < 1.29 is 44.2 Å². The number of ketones is 1. The molecule has 4 rings (SSSR count). The molecule has 342 valence electrons. The van der Waals surface area contributed by atoms with Gasteiger partial charge in [0.25, 0.3) is 0 Å². The van der Waals surface area contributed by atoms with Gasteiger partial charge in [0, 0.05) is 53.1 Å². The molecule has 2 aromatic rings. The van der Waals surface area contributed by atoms with Crippen LogP contribution in [-0.2, 0) is 36.9 Å². The van der Waals surface area contributed by atoms with E-state index in [0.717, 1.165) is 33.2 Å². The molecule has 4 N–H and O–H groups in total. The monoisotopic (exact) mass is 965 g/mol. The number of aromatic nitrogens is 3. The number of carbonyl (C=O) groups is 2. The third kappa shape index (κ3) is 15.9. The molecule has 0 saturated heterocycles. The topological polar surface area (TPSA) is 180 Å². The summed E-state index contributed by atoms with van der Waals surface area (Å²) in [7, 11) is 3.52. The number of nitrogens with zero attached hydrogens (tertiary/aromatic N) is 5. The van der Waals surface area contributed by atoms with E-state index >= 15 is 0 Å². The van der Waals surface area contributed by atoms with Crippen LogP contribution < -0.4 is 0 Å². The highest BCUT2D eigenvalue weighted by Crippen LogP contribution is 2.38. The number of hydrogen-bond acceptors (Lipinski definition) is 13. The third-order valence-electron chi connectivity index (χ3n) is 12.1. The SMILES string of the molecule is CCO[C@@H](O[C@H]1[C@@H](CCN(CCn2cc(C3CC3)nn2)Cc2ccc(I)cc2)C[C@@H](C)C(=O)/C=C/C(C)=C/[C@H](CO)[C@@H](CC)OC(=O)C[C@@H](O)[C@@H]1C)C(O)C([C@@H](C)O)N(C)C. The highest BCUT2D eigenvalue weighted by atomic mass is 127. The zero-order valence-corrected chi connectivity index (χ0v) is 39.6. The van der Waals surface area contributed by atoms with Gasteiger partial charge in [-0.15, -0.1) is 5.10 Å². The van der Waals surface area contributed by atoms with E-state index < -0.39 is 66.6 Å². The van der Waals surface area contributed by atoms with Crippen molar-refractivity contribution in [2.45, 2.75) is 142 Å². The van der Waals surface area contributed by atoms with Crippen molar-refractivity contribution in [3.63, 3.8) is 0 Å². The molecule has 14 nitrogen and oxygen atoms in total. The molecule has 0 radical (unpaired) electrons. The lowest BCUT2D eigenvalue weighted by Crippen LogP contribution is -2.55. The Hall–Kier alpha value is -2.61. The second-order valence-electron chi connectivity index (χ2n) is 17.4. The highest BCUT2D eigenvalue weighted by molar-refractivity contribution is 14.1. The van der Waals surface area contributed by atoms with Gasteiger partial charge in [0.1, 0.15) is 12.2 Å². The minimum absolute atomic E-state index is 0.0904. The quantitative estimate of drug-likeness (QED) is 0.0830. The second kappa shape index (κ2) is 25.0. The maximum absolute atomic E-state index is 13.9. The number of halogens is 1. The van der Waals surface area contributed by atoms with Crippen LogP contribution in [0.15, 0.2) is 54.3 Å². The summed E-state index contributed by atoms with van der Waals surface area (Å²) < 4.78 is 21.9. The number of benzene rings is 1. The molecule has 0 bridgehead atoms. The fourth-order valence-corrected chi connectivity index (χ4v) is 8.74. The van der Waals surface area contributed by atoms with E-state index in [1.165, 1.54) is 0 Å². The van der Waals surface area contributed by atoms with Crippen molar-refractivity contribution in [3.8, 4) is 0 Å². The number of rotatable bonds is 19. The van der Waals surface area contributed by atoms with Crippen LogP contribution in [0, 0.1) is 27.2 Å². The Morgan fingerprint density at radius 2 is 1.77 bits per heavy atom. The molecule has 1 aliphatic heterocycles. The summed E-state index contributed by atoms with van der Waals surface area (Å²) in [5.41, 5.74) is 2.92. The smallest absolute Gasteiger partial charge is 0.308 e. The Kier molecular flexibility index (Phi) is 20.9. The van der Waals surface area contributed by atoms with Crippen molar-refractivity contribution in [1.82, 2.24) is 24.8 Å². The van der Waals surface area contributed by atoms with E-state index in [2.05, 4.69) is 62.1 Å². The molecule has 11 atom stereocenters. The molecule has 2 heterocycles. The Morgan fingerprint density at radius 1 is 1.07 bits per heavy atom. The largest absolute Gasteiger partial charge is 0.462 e. The number of allylic oxidation sites excluding steroid dienone is 3. The lowest BCUT2D eigenvalue weighted by Gasteiger charge is -2.41. The Morgan fingerprint density at radius 3 is 2.38 bits per heavy atom. The predicted molar refractivity (Wildman–Crippen MR) is 242 cm³/mol. The minimum Gasteiger partial charge on any atom is -0.462 e. The maximum Gasteiger partial charge on any atom is 0.308 e. The molecule has 1 aromatic carbocycles. The molecule has 2 unspecified atom stereocenters. The summed E-state index contributed by atoms with van der Waals surface area (Å²) in [5.74, 6) is -2.27. The molecular formula is C46H72IN5O9. The molecule has 0 spiro atoms. The minimum atomic E-state index is -1.30. The average Bonchev–Trinajstić information content (AvgIpc) is 3.96. The molecule has 15 heteroatoms. The zero-order valence-electron chi connectivity index (χ0n) is 37.5. The molecule has 1 fully saturated rings. The first-order valence-electron chi connectivity index (χ1n) is 22.1. The van der Waals surface area contributed by atoms with Crippen molar-refractivity contribution in [2.75, 3.05) is 40.4 Å². The van der Waals surface area contributed by atoms with Gasteiger partial charge in [0.2, 0.25) is 0 Å². The van der Waals surface area contributed by atoms with E-state index in [-0.39, 0.29) is 31.3 Å². The molecular weight excluding hydrogens is 893 g/mol. The molecule has 61 heavy (non-hydrogen) atoms. The zero-order chi connectivity index (χ0) is 44.8. The standard InChI is InChI=1S/C46H72IN5O9/c1-9-41-36(28-53)23-29(3)11-18-39(55)30(4)24-35(19-20-51(26-33-12-16-37(47)17-13-33)21-22-52-27-38(48-49-52)34-14-15-34)45(31(5)40(56)25-42(57)60-41)61-46(59-10-2)44(58)43(32(6)54)50(7)8/h11-13,16-18,23,27,30-32,34-36,40-41,43-46,53-54,56,58H,9-10,14-15,19-22,24-26,28H2,1-8H3/b18-11+,29-23+/t30-,31+,32-,35+,36-,40-,41-,43?,44?,45-,46+/m1/s1. The van der Waals surface area contributed by atoms with Gasteiger partial charge in [-0.3, -0.25) is 19.2 Å². The van der Waals surface area contributed by atoms with Gasteiger partial charge >= 0.3 is 5.97 Å². The first kappa shape index (κ1) is 51.0. The van der Waals surface area contributed by atoms with Crippen LogP contribution in [0.3, 0.4) is 0 Å². The summed E-state index contributed by atoms with van der Waals surface area (Å²) in [4.78, 5) is 31.5. The molecule has 2 aliphatic rings. The van der Waals surface area contributed by atoms with E-state index in [1.807, 2.05) is 44.6 Å². The normalized spacial score (nSPS) is 28.2. The van der Waals surface area contributed by atoms with Crippen LogP contribution >= 0.6 is 22.6 Å². The Labute approximate surface area is 376 Å². The van der Waals surface area contributed by atoms with Crippen LogP contribution in [0.5, 0.6) is 0 Å². The number of aliphatic hydroxyl groups is 4. The number of esters is 1. The molecule has 0 amide bonds. The van der Waals surface area contributed by atoms with E-state index in [1.54, 1.807) is 45.0 Å². The van der Waals surface area contributed by atoms with Gasteiger partial charge in [0.05, 0.1) is 49.6 Å². The lowest BCUT2D eigenvalue weighted by molar-refractivity contribution is -0.251. The fraction of sp³-hybridized carbons (Fsp3) is 0.696.